The van der Waals surface area contributed by atoms with Crippen molar-refractivity contribution >= 4 is 30.2 Å². The van der Waals surface area contributed by atoms with Gasteiger partial charge in [-0.1, -0.05) is 12.8 Å². The van der Waals surface area contributed by atoms with Gasteiger partial charge < -0.3 is 10.1 Å². The van der Waals surface area contributed by atoms with E-state index in [1.54, 1.807) is 0 Å². The number of fused-ring (bicyclic) bond motifs is 1. The summed E-state index contributed by atoms with van der Waals surface area (Å²) < 4.78 is 4.57. The van der Waals surface area contributed by atoms with Gasteiger partial charge in [-0.3, -0.25) is 20.0 Å². The third-order valence-electron chi connectivity index (χ3n) is 4.79. The Labute approximate surface area is 140 Å². The molecule has 1 saturated carbocycles. The van der Waals surface area contributed by atoms with E-state index in [2.05, 4.69) is 30.6 Å². The van der Waals surface area contributed by atoms with E-state index in [1.807, 2.05) is 0 Å². The minimum Gasteiger partial charge on any atom is -0.469 e. The van der Waals surface area contributed by atoms with Crippen molar-refractivity contribution in [2.45, 2.75) is 32.1 Å². The van der Waals surface area contributed by atoms with Crippen molar-refractivity contribution in [2.24, 2.45) is 11.3 Å². The van der Waals surface area contributed by atoms with Gasteiger partial charge in [-0.05, 0) is 25.3 Å². The van der Waals surface area contributed by atoms with Crippen LogP contribution in [0.15, 0.2) is 0 Å². The largest absolute Gasteiger partial charge is 0.469 e. The van der Waals surface area contributed by atoms with Crippen molar-refractivity contribution in [1.82, 2.24) is 20.5 Å². The summed E-state index contributed by atoms with van der Waals surface area (Å²) in [6.45, 7) is 1.61. The third-order valence-corrected chi connectivity index (χ3v) is 4.79. The van der Waals surface area contributed by atoms with E-state index in [-0.39, 0.29) is 36.1 Å². The molecular formula is C14H22ClN5O3. The Balaban J connectivity index is 0.00000192. The van der Waals surface area contributed by atoms with Crippen LogP contribution >= 0.6 is 12.4 Å². The Morgan fingerprint density at radius 1 is 1.43 bits per heavy atom. The minimum atomic E-state index is -0.403. The number of nitrogens with one attached hydrogen (secondary N) is 3. The summed E-state index contributed by atoms with van der Waals surface area (Å²) in [6.07, 6.45) is 4.26. The van der Waals surface area contributed by atoms with Crippen molar-refractivity contribution in [1.29, 1.82) is 0 Å². The number of esters is 1. The first-order valence-corrected chi connectivity index (χ1v) is 7.64. The zero-order chi connectivity index (χ0) is 15.6. The second-order valence-electron chi connectivity index (χ2n) is 6.04. The maximum Gasteiger partial charge on any atom is 0.313 e. The predicted octanol–water partition coefficient (Wildman–Crippen LogP) is 0.660. The molecule has 1 amide bonds. The Bertz CT molecular complexity index is 579. The number of ether oxygens (including phenoxy) is 1. The molecule has 2 aliphatic rings. The lowest BCUT2D eigenvalue weighted by Crippen LogP contribution is -2.44. The van der Waals surface area contributed by atoms with Gasteiger partial charge in [0.2, 0.25) is 11.9 Å². The number of nitrogens with zero attached hydrogens (tertiary/aromatic N) is 2. The Hall–Kier alpha value is -1.67. The molecule has 23 heavy (non-hydrogen) atoms. The van der Waals surface area contributed by atoms with Crippen LogP contribution in [0.3, 0.4) is 0 Å². The highest BCUT2D eigenvalue weighted by atomic mass is 35.5. The smallest absolute Gasteiger partial charge is 0.313 e. The average Bonchev–Trinajstić information content (AvgIpc) is 3.14. The van der Waals surface area contributed by atoms with Crippen LogP contribution in [-0.4, -0.2) is 47.3 Å². The van der Waals surface area contributed by atoms with Crippen molar-refractivity contribution in [2.75, 3.05) is 25.5 Å². The first-order chi connectivity index (χ1) is 10.6. The normalized spacial score (nSPS) is 26.0. The van der Waals surface area contributed by atoms with Crippen molar-refractivity contribution in [3.05, 3.63) is 5.82 Å². The molecule has 1 aromatic rings. The summed E-state index contributed by atoms with van der Waals surface area (Å²) in [6, 6.07) is 0. The lowest BCUT2D eigenvalue weighted by molar-refractivity contribution is -0.139. The number of carbonyl (C=O) groups is 2. The van der Waals surface area contributed by atoms with Gasteiger partial charge in [-0.25, -0.2) is 0 Å². The molecule has 0 radical (unpaired) electrons. The topological polar surface area (TPSA) is 109 Å². The summed E-state index contributed by atoms with van der Waals surface area (Å²) >= 11 is 0. The Morgan fingerprint density at radius 2 is 2.26 bits per heavy atom. The number of rotatable bonds is 4. The second kappa shape index (κ2) is 7.27. The number of aromatic amines is 1. The van der Waals surface area contributed by atoms with Gasteiger partial charge in [0.05, 0.1) is 12.5 Å². The highest BCUT2D eigenvalue weighted by Gasteiger charge is 2.50. The van der Waals surface area contributed by atoms with Crippen molar-refractivity contribution in [3.8, 4) is 0 Å². The molecule has 3 rings (SSSR count). The zero-order valence-corrected chi connectivity index (χ0v) is 13.9. The van der Waals surface area contributed by atoms with Crippen molar-refractivity contribution < 1.29 is 14.3 Å². The summed E-state index contributed by atoms with van der Waals surface area (Å²) in [5.74, 6) is 0.555. The van der Waals surface area contributed by atoms with E-state index in [0.29, 0.717) is 18.3 Å². The molecule has 2 heterocycles. The standard InChI is InChI=1S/C14H21N5O3.ClH/c1-22-11(20)6-10-16-13(19-18-10)17-12(21)14-5-3-2-4-9(14)7-15-8-14;/h9,15H,2-8H2,1H3,(H2,16,17,18,19,21);1H/t9-,14+;/m0./s1. The highest BCUT2D eigenvalue weighted by molar-refractivity contribution is 5.94. The lowest BCUT2D eigenvalue weighted by Gasteiger charge is -2.36. The highest BCUT2D eigenvalue weighted by Crippen LogP contribution is 2.44. The molecule has 0 spiro atoms. The fourth-order valence-corrected chi connectivity index (χ4v) is 3.56. The van der Waals surface area contributed by atoms with Gasteiger partial charge in [0, 0.05) is 6.54 Å². The fraction of sp³-hybridized carbons (Fsp3) is 0.714. The predicted molar refractivity (Wildman–Crippen MR) is 85.2 cm³/mol. The number of aromatic nitrogens is 3. The van der Waals surface area contributed by atoms with E-state index in [9.17, 15) is 9.59 Å². The quantitative estimate of drug-likeness (QED) is 0.693. The van der Waals surface area contributed by atoms with Crippen LogP contribution in [0.4, 0.5) is 5.95 Å². The molecule has 8 nitrogen and oxygen atoms in total. The Kier molecular flexibility index (Phi) is 5.59. The first-order valence-electron chi connectivity index (χ1n) is 7.64. The zero-order valence-electron chi connectivity index (χ0n) is 13.1. The maximum atomic E-state index is 12.7. The van der Waals surface area contributed by atoms with Gasteiger partial charge in [-0.2, -0.15) is 4.98 Å². The van der Waals surface area contributed by atoms with Gasteiger partial charge in [0.1, 0.15) is 12.2 Å². The molecule has 3 N–H and O–H groups in total. The summed E-state index contributed by atoms with van der Waals surface area (Å²) in [7, 11) is 1.32. The van der Waals surface area contributed by atoms with Crippen LogP contribution in [0.25, 0.3) is 0 Å². The van der Waals surface area contributed by atoms with Crippen LogP contribution in [0.5, 0.6) is 0 Å². The molecule has 0 aromatic carbocycles. The number of hydrogen-bond acceptors (Lipinski definition) is 6. The van der Waals surface area contributed by atoms with Crippen LogP contribution in [0, 0.1) is 11.3 Å². The van der Waals surface area contributed by atoms with E-state index in [4.69, 9.17) is 0 Å². The number of halogens is 1. The number of amides is 1. The molecule has 1 aromatic heterocycles. The third kappa shape index (κ3) is 3.48. The molecule has 0 unspecified atom stereocenters. The number of methoxy groups -OCH3 is 1. The SMILES string of the molecule is COC(=O)Cc1nc(NC(=O)[C@@]23CCCC[C@H]2CNC3)n[nH]1.Cl. The molecular weight excluding hydrogens is 322 g/mol. The molecule has 2 fully saturated rings. The van der Waals surface area contributed by atoms with Crippen LogP contribution in [0.2, 0.25) is 0 Å². The molecule has 9 heteroatoms. The molecule has 2 atom stereocenters. The average molecular weight is 344 g/mol. The number of anilines is 1. The second-order valence-corrected chi connectivity index (χ2v) is 6.04. The van der Waals surface area contributed by atoms with Gasteiger partial charge in [0.25, 0.3) is 0 Å². The molecule has 1 aliphatic heterocycles. The van der Waals surface area contributed by atoms with E-state index < -0.39 is 5.97 Å². The van der Waals surface area contributed by atoms with Crippen LogP contribution in [-0.2, 0) is 20.7 Å². The van der Waals surface area contributed by atoms with Gasteiger partial charge in [0.15, 0.2) is 0 Å². The van der Waals surface area contributed by atoms with Gasteiger partial charge in [-0.15, -0.1) is 17.5 Å². The van der Waals surface area contributed by atoms with Gasteiger partial charge >= 0.3 is 5.97 Å². The number of carbonyl (C=O) groups excluding carboxylic acids is 2. The fourth-order valence-electron chi connectivity index (χ4n) is 3.56. The lowest BCUT2D eigenvalue weighted by atomic mass is 9.67. The monoisotopic (exact) mass is 343 g/mol. The summed E-state index contributed by atoms with van der Waals surface area (Å²) in [5, 5.41) is 12.7. The molecule has 1 aliphatic carbocycles. The van der Waals surface area contributed by atoms with Crippen molar-refractivity contribution in [3.63, 3.8) is 0 Å². The Morgan fingerprint density at radius 3 is 3.04 bits per heavy atom. The molecule has 128 valence electrons. The van der Waals surface area contributed by atoms with E-state index in [1.165, 1.54) is 13.5 Å². The number of hydrogen-bond donors (Lipinski definition) is 3. The molecule has 0 bridgehead atoms. The minimum absolute atomic E-state index is 0. The first kappa shape index (κ1) is 17.7. The van der Waals surface area contributed by atoms with E-state index >= 15 is 0 Å². The number of H-pyrrole nitrogens is 1. The summed E-state index contributed by atoms with van der Waals surface area (Å²) in [5.41, 5.74) is -0.346. The maximum absolute atomic E-state index is 12.7. The molecule has 1 saturated heterocycles. The summed E-state index contributed by atoms with van der Waals surface area (Å²) in [4.78, 5) is 28.0. The van der Waals surface area contributed by atoms with E-state index in [0.717, 1.165) is 25.8 Å². The van der Waals surface area contributed by atoms with Crippen LogP contribution < -0.4 is 10.6 Å². The van der Waals surface area contributed by atoms with Crippen LogP contribution in [0.1, 0.15) is 31.5 Å².